The molecule has 1 saturated carbocycles. The molecule has 4 nitrogen and oxygen atoms in total. The highest BCUT2D eigenvalue weighted by Crippen LogP contribution is 2.21. The number of anilines is 1. The number of esters is 1. The van der Waals surface area contributed by atoms with Crippen LogP contribution in [0.5, 0.6) is 0 Å². The highest BCUT2D eigenvalue weighted by molar-refractivity contribution is 5.94. The zero-order valence-electron chi connectivity index (χ0n) is 14.2. The summed E-state index contributed by atoms with van der Waals surface area (Å²) < 4.78 is 5.55. The molecule has 1 amide bonds. The molecule has 0 spiro atoms. The van der Waals surface area contributed by atoms with Crippen molar-refractivity contribution in [2.45, 2.75) is 44.6 Å². The lowest BCUT2D eigenvalue weighted by molar-refractivity contribution is -0.115. The quantitative estimate of drug-likeness (QED) is 0.825. The SMILES string of the molecule is O=C(Cc1ccccc1)Nc1ccc(C(=O)OC2CCCCC2)cc1. The van der Waals surface area contributed by atoms with E-state index in [-0.39, 0.29) is 18.0 Å². The van der Waals surface area contributed by atoms with Crippen LogP contribution in [0.15, 0.2) is 54.6 Å². The average molecular weight is 337 g/mol. The number of benzene rings is 2. The first-order chi connectivity index (χ1) is 12.2. The molecule has 0 atom stereocenters. The third kappa shape index (κ3) is 5.18. The second-order valence-corrected chi connectivity index (χ2v) is 6.45. The molecule has 1 aliphatic rings. The molecule has 0 aliphatic heterocycles. The maximum Gasteiger partial charge on any atom is 0.338 e. The van der Waals surface area contributed by atoms with Gasteiger partial charge in [-0.2, -0.15) is 0 Å². The number of ether oxygens (including phenoxy) is 1. The molecule has 1 N–H and O–H groups in total. The Balaban J connectivity index is 1.52. The van der Waals surface area contributed by atoms with Crippen LogP contribution < -0.4 is 5.32 Å². The smallest absolute Gasteiger partial charge is 0.338 e. The Bertz CT molecular complexity index is 704. The van der Waals surface area contributed by atoms with Crippen molar-refractivity contribution in [1.82, 2.24) is 0 Å². The molecular weight excluding hydrogens is 314 g/mol. The van der Waals surface area contributed by atoms with E-state index in [0.29, 0.717) is 17.7 Å². The van der Waals surface area contributed by atoms with Crippen LogP contribution in [0.3, 0.4) is 0 Å². The summed E-state index contributed by atoms with van der Waals surface area (Å²) >= 11 is 0. The maximum absolute atomic E-state index is 12.2. The molecule has 25 heavy (non-hydrogen) atoms. The number of nitrogens with one attached hydrogen (secondary N) is 1. The monoisotopic (exact) mass is 337 g/mol. The first-order valence-electron chi connectivity index (χ1n) is 8.85. The molecule has 2 aromatic carbocycles. The second-order valence-electron chi connectivity index (χ2n) is 6.45. The molecule has 0 bridgehead atoms. The third-order valence-corrected chi connectivity index (χ3v) is 4.44. The molecule has 3 rings (SSSR count). The van der Waals surface area contributed by atoms with Crippen LogP contribution in [-0.2, 0) is 16.0 Å². The summed E-state index contributed by atoms with van der Waals surface area (Å²) in [4.78, 5) is 24.2. The maximum atomic E-state index is 12.2. The average Bonchev–Trinajstić information content (AvgIpc) is 2.64. The topological polar surface area (TPSA) is 55.4 Å². The van der Waals surface area contributed by atoms with E-state index in [1.807, 2.05) is 30.3 Å². The number of hydrogen-bond acceptors (Lipinski definition) is 3. The normalized spacial score (nSPS) is 14.7. The Morgan fingerprint density at radius 2 is 1.60 bits per heavy atom. The summed E-state index contributed by atoms with van der Waals surface area (Å²) in [6.45, 7) is 0. The Hall–Kier alpha value is -2.62. The van der Waals surface area contributed by atoms with Gasteiger partial charge in [-0.05, 0) is 55.5 Å². The van der Waals surface area contributed by atoms with Gasteiger partial charge >= 0.3 is 5.97 Å². The molecule has 0 unspecified atom stereocenters. The minimum absolute atomic E-state index is 0.0477. The van der Waals surface area contributed by atoms with Gasteiger partial charge in [-0.3, -0.25) is 4.79 Å². The first-order valence-corrected chi connectivity index (χ1v) is 8.85. The molecule has 2 aromatic rings. The molecule has 130 valence electrons. The molecule has 1 aliphatic carbocycles. The molecule has 0 heterocycles. The van der Waals surface area contributed by atoms with Crippen LogP contribution in [-0.4, -0.2) is 18.0 Å². The van der Waals surface area contributed by atoms with Crippen molar-refractivity contribution in [2.24, 2.45) is 0 Å². The lowest BCUT2D eigenvalue weighted by atomic mass is 9.98. The van der Waals surface area contributed by atoms with E-state index >= 15 is 0 Å². The Morgan fingerprint density at radius 3 is 2.28 bits per heavy atom. The van der Waals surface area contributed by atoms with Gasteiger partial charge in [-0.1, -0.05) is 36.8 Å². The summed E-state index contributed by atoms with van der Waals surface area (Å²) in [5.74, 6) is -0.363. The van der Waals surface area contributed by atoms with Crippen LogP contribution in [0.4, 0.5) is 5.69 Å². The standard InChI is InChI=1S/C21H23NO3/c23-20(15-16-7-3-1-4-8-16)22-18-13-11-17(12-14-18)21(24)25-19-9-5-2-6-10-19/h1,3-4,7-8,11-14,19H,2,5-6,9-10,15H2,(H,22,23). The van der Waals surface area contributed by atoms with Crippen LogP contribution in [0.25, 0.3) is 0 Å². The van der Waals surface area contributed by atoms with Crippen LogP contribution >= 0.6 is 0 Å². The summed E-state index contributed by atoms with van der Waals surface area (Å²) in [5.41, 5.74) is 2.16. The van der Waals surface area contributed by atoms with Gasteiger partial charge in [0.1, 0.15) is 6.10 Å². The molecule has 0 radical (unpaired) electrons. The van der Waals surface area contributed by atoms with Gasteiger partial charge in [0, 0.05) is 5.69 Å². The fraction of sp³-hybridized carbons (Fsp3) is 0.333. The van der Waals surface area contributed by atoms with Gasteiger partial charge in [0.25, 0.3) is 0 Å². The number of rotatable bonds is 5. The third-order valence-electron chi connectivity index (χ3n) is 4.44. The summed E-state index contributed by atoms with van der Waals surface area (Å²) in [5, 5.41) is 2.85. The van der Waals surface area contributed by atoms with Crippen molar-refractivity contribution < 1.29 is 14.3 Å². The minimum Gasteiger partial charge on any atom is -0.459 e. The van der Waals surface area contributed by atoms with E-state index < -0.39 is 0 Å². The van der Waals surface area contributed by atoms with Crippen molar-refractivity contribution in [1.29, 1.82) is 0 Å². The zero-order chi connectivity index (χ0) is 17.5. The number of amides is 1. The van der Waals surface area contributed by atoms with E-state index in [1.54, 1.807) is 24.3 Å². The van der Waals surface area contributed by atoms with Gasteiger partial charge in [0.2, 0.25) is 5.91 Å². The van der Waals surface area contributed by atoms with Gasteiger partial charge in [-0.25, -0.2) is 4.79 Å². The number of carbonyl (C=O) groups is 2. The summed E-state index contributed by atoms with van der Waals surface area (Å²) in [7, 11) is 0. The van der Waals surface area contributed by atoms with E-state index in [4.69, 9.17) is 4.74 Å². The Morgan fingerprint density at radius 1 is 0.920 bits per heavy atom. The van der Waals surface area contributed by atoms with E-state index in [0.717, 1.165) is 31.2 Å². The number of hydrogen-bond donors (Lipinski definition) is 1. The van der Waals surface area contributed by atoms with Crippen LogP contribution in [0.1, 0.15) is 48.0 Å². The molecule has 0 aromatic heterocycles. The fourth-order valence-electron chi connectivity index (χ4n) is 3.08. The molecular formula is C21H23NO3. The predicted octanol–water partition coefficient (Wildman–Crippen LogP) is 4.36. The van der Waals surface area contributed by atoms with Crippen molar-refractivity contribution in [3.05, 3.63) is 65.7 Å². The Kier molecular flexibility index (Phi) is 5.83. The largest absolute Gasteiger partial charge is 0.459 e. The molecule has 0 saturated heterocycles. The number of carbonyl (C=O) groups excluding carboxylic acids is 2. The zero-order valence-corrected chi connectivity index (χ0v) is 14.2. The first kappa shape index (κ1) is 17.2. The highest BCUT2D eigenvalue weighted by Gasteiger charge is 2.18. The molecule has 1 fully saturated rings. The lowest BCUT2D eigenvalue weighted by Gasteiger charge is -2.21. The van der Waals surface area contributed by atoms with Crippen LogP contribution in [0.2, 0.25) is 0 Å². The van der Waals surface area contributed by atoms with E-state index in [9.17, 15) is 9.59 Å². The van der Waals surface area contributed by atoms with E-state index in [1.165, 1.54) is 6.42 Å². The van der Waals surface area contributed by atoms with Gasteiger partial charge < -0.3 is 10.1 Å². The van der Waals surface area contributed by atoms with E-state index in [2.05, 4.69) is 5.32 Å². The Labute approximate surface area is 148 Å². The minimum atomic E-state index is -0.283. The van der Waals surface area contributed by atoms with Crippen LogP contribution in [0, 0.1) is 0 Å². The van der Waals surface area contributed by atoms with Crippen molar-refractivity contribution in [2.75, 3.05) is 5.32 Å². The lowest BCUT2D eigenvalue weighted by Crippen LogP contribution is -2.21. The van der Waals surface area contributed by atoms with Gasteiger partial charge in [0.05, 0.1) is 12.0 Å². The van der Waals surface area contributed by atoms with Crippen molar-refractivity contribution in [3.63, 3.8) is 0 Å². The van der Waals surface area contributed by atoms with Crippen molar-refractivity contribution in [3.8, 4) is 0 Å². The second kappa shape index (κ2) is 8.47. The van der Waals surface area contributed by atoms with Gasteiger partial charge in [0.15, 0.2) is 0 Å². The predicted molar refractivity (Wildman–Crippen MR) is 97.5 cm³/mol. The highest BCUT2D eigenvalue weighted by atomic mass is 16.5. The summed E-state index contributed by atoms with van der Waals surface area (Å²) in [6, 6.07) is 16.5. The van der Waals surface area contributed by atoms with Gasteiger partial charge in [-0.15, -0.1) is 0 Å². The fourth-order valence-corrected chi connectivity index (χ4v) is 3.08. The molecule has 4 heteroatoms. The van der Waals surface area contributed by atoms with Crippen molar-refractivity contribution >= 4 is 17.6 Å². The summed E-state index contributed by atoms with van der Waals surface area (Å²) in [6.07, 6.45) is 5.78.